The van der Waals surface area contributed by atoms with Crippen molar-refractivity contribution in [2.75, 3.05) is 13.1 Å². The Morgan fingerprint density at radius 2 is 2.33 bits per heavy atom. The van der Waals surface area contributed by atoms with Crippen LogP contribution in [0.5, 0.6) is 0 Å². The van der Waals surface area contributed by atoms with E-state index in [0.29, 0.717) is 12.1 Å². The molecule has 3 heterocycles. The topological polar surface area (TPSA) is 66.8 Å². The third-order valence-electron chi connectivity index (χ3n) is 4.09. The van der Waals surface area contributed by atoms with E-state index in [1.165, 1.54) is 0 Å². The number of nitrogens with one attached hydrogen (secondary N) is 1. The predicted molar refractivity (Wildman–Crippen MR) is 79.1 cm³/mol. The highest BCUT2D eigenvalue weighted by molar-refractivity contribution is 5.95. The van der Waals surface area contributed by atoms with Gasteiger partial charge >= 0.3 is 0 Å². The summed E-state index contributed by atoms with van der Waals surface area (Å²) >= 11 is 0. The highest BCUT2D eigenvalue weighted by Gasteiger charge is 2.27. The van der Waals surface area contributed by atoms with E-state index in [9.17, 15) is 4.79 Å². The van der Waals surface area contributed by atoms with Crippen LogP contribution in [-0.4, -0.2) is 43.9 Å². The lowest BCUT2D eigenvalue weighted by molar-refractivity contribution is 0.0672. The summed E-state index contributed by atoms with van der Waals surface area (Å²) in [5.41, 5.74) is 2.77. The predicted octanol–water partition coefficient (Wildman–Crippen LogP) is 1.95. The molecule has 1 fully saturated rings. The number of H-pyrrole nitrogens is 1. The Hall–Kier alpha value is -2.11. The van der Waals surface area contributed by atoms with Crippen molar-refractivity contribution < 1.29 is 4.79 Å². The Labute approximate surface area is 124 Å². The van der Waals surface area contributed by atoms with Gasteiger partial charge in [-0.1, -0.05) is 6.92 Å². The number of carbonyl (C=O) groups is 1. The summed E-state index contributed by atoms with van der Waals surface area (Å²) in [4.78, 5) is 14.6. The van der Waals surface area contributed by atoms with E-state index in [0.717, 1.165) is 37.1 Å². The zero-order chi connectivity index (χ0) is 14.8. The Morgan fingerprint density at radius 3 is 3.05 bits per heavy atom. The normalized spacial score (nSPS) is 19.0. The molecule has 0 unspecified atom stereocenters. The Balaban J connectivity index is 1.75. The van der Waals surface area contributed by atoms with Crippen LogP contribution >= 0.6 is 0 Å². The molecule has 3 rings (SSSR count). The standard InChI is InChI=1S/C15H21N5O/c1-3-14-13(8-16-18-14)15(21)19-6-4-5-12(10-19)20-9-11(2)7-17-20/h7-9,12H,3-6,10H2,1-2H3,(H,16,18)/t12-/m0/s1. The molecular formula is C15H21N5O. The third-order valence-corrected chi connectivity index (χ3v) is 4.09. The molecule has 1 aliphatic rings. The van der Waals surface area contributed by atoms with Crippen molar-refractivity contribution in [2.24, 2.45) is 0 Å². The van der Waals surface area contributed by atoms with Gasteiger partial charge in [0.1, 0.15) is 0 Å². The highest BCUT2D eigenvalue weighted by atomic mass is 16.2. The molecule has 0 aromatic carbocycles. The number of hydrogen-bond acceptors (Lipinski definition) is 3. The van der Waals surface area contributed by atoms with Gasteiger partial charge in [-0.2, -0.15) is 10.2 Å². The first-order valence-electron chi connectivity index (χ1n) is 7.51. The van der Waals surface area contributed by atoms with Gasteiger partial charge in [-0.3, -0.25) is 14.6 Å². The van der Waals surface area contributed by atoms with Crippen molar-refractivity contribution in [2.45, 2.75) is 39.2 Å². The van der Waals surface area contributed by atoms with Crippen LogP contribution < -0.4 is 0 Å². The molecule has 1 aliphatic heterocycles. The largest absolute Gasteiger partial charge is 0.336 e. The highest BCUT2D eigenvalue weighted by Crippen LogP contribution is 2.23. The number of nitrogens with zero attached hydrogens (tertiary/aromatic N) is 4. The molecule has 0 aliphatic carbocycles. The van der Waals surface area contributed by atoms with Gasteiger partial charge in [0.15, 0.2) is 0 Å². The van der Waals surface area contributed by atoms with Gasteiger partial charge in [-0.05, 0) is 31.7 Å². The SMILES string of the molecule is CCc1[nH]ncc1C(=O)N1CCC[C@H](n2cc(C)cn2)C1. The second-order valence-corrected chi connectivity index (χ2v) is 5.66. The number of rotatable bonds is 3. The number of aromatic amines is 1. The van der Waals surface area contributed by atoms with Crippen LogP contribution in [0.1, 0.15) is 47.4 Å². The lowest BCUT2D eigenvalue weighted by Gasteiger charge is -2.32. The molecule has 112 valence electrons. The van der Waals surface area contributed by atoms with Crippen LogP contribution in [0.3, 0.4) is 0 Å². The maximum atomic E-state index is 12.7. The molecule has 2 aromatic heterocycles. The van der Waals surface area contributed by atoms with E-state index < -0.39 is 0 Å². The van der Waals surface area contributed by atoms with Crippen molar-refractivity contribution in [1.29, 1.82) is 0 Å². The Kier molecular flexibility index (Phi) is 3.77. The van der Waals surface area contributed by atoms with Crippen molar-refractivity contribution in [3.8, 4) is 0 Å². The quantitative estimate of drug-likeness (QED) is 0.938. The number of piperidine rings is 1. The molecule has 1 saturated heterocycles. The molecule has 6 nitrogen and oxygen atoms in total. The monoisotopic (exact) mass is 287 g/mol. The summed E-state index contributed by atoms with van der Waals surface area (Å²) in [5, 5.41) is 11.3. The molecule has 0 saturated carbocycles. The van der Waals surface area contributed by atoms with Crippen LogP contribution in [0.4, 0.5) is 0 Å². The zero-order valence-corrected chi connectivity index (χ0v) is 12.5. The molecule has 6 heteroatoms. The maximum Gasteiger partial charge on any atom is 0.257 e. The van der Waals surface area contributed by atoms with E-state index in [4.69, 9.17) is 0 Å². The average molecular weight is 287 g/mol. The molecule has 1 atom stereocenters. The second-order valence-electron chi connectivity index (χ2n) is 5.66. The Morgan fingerprint density at radius 1 is 1.48 bits per heavy atom. The van der Waals surface area contributed by atoms with E-state index in [2.05, 4.69) is 15.3 Å². The van der Waals surface area contributed by atoms with Crippen LogP contribution in [0, 0.1) is 6.92 Å². The van der Waals surface area contributed by atoms with Gasteiger partial charge in [0.05, 0.1) is 24.0 Å². The molecule has 2 aromatic rings. The van der Waals surface area contributed by atoms with Crippen molar-refractivity contribution in [3.63, 3.8) is 0 Å². The van der Waals surface area contributed by atoms with Crippen LogP contribution in [-0.2, 0) is 6.42 Å². The van der Waals surface area contributed by atoms with Gasteiger partial charge < -0.3 is 4.90 Å². The van der Waals surface area contributed by atoms with E-state index in [1.54, 1.807) is 6.20 Å². The molecule has 1 amide bonds. The van der Waals surface area contributed by atoms with Gasteiger partial charge in [0.2, 0.25) is 0 Å². The Bertz CT molecular complexity index is 630. The van der Waals surface area contributed by atoms with Crippen molar-refractivity contribution >= 4 is 5.91 Å². The molecule has 0 radical (unpaired) electrons. The van der Waals surface area contributed by atoms with E-state index >= 15 is 0 Å². The minimum absolute atomic E-state index is 0.0779. The second kappa shape index (κ2) is 5.71. The minimum atomic E-state index is 0.0779. The van der Waals surface area contributed by atoms with Crippen molar-refractivity contribution in [1.82, 2.24) is 24.9 Å². The zero-order valence-electron chi connectivity index (χ0n) is 12.5. The van der Waals surface area contributed by atoms with Crippen molar-refractivity contribution in [3.05, 3.63) is 35.4 Å². The first kappa shape index (κ1) is 13.9. The number of aryl methyl sites for hydroxylation is 2. The summed E-state index contributed by atoms with van der Waals surface area (Å²) in [5.74, 6) is 0.0779. The third kappa shape index (κ3) is 2.70. The summed E-state index contributed by atoms with van der Waals surface area (Å²) < 4.78 is 1.99. The van der Waals surface area contributed by atoms with Gasteiger partial charge in [0, 0.05) is 25.0 Å². The van der Waals surface area contributed by atoms with Gasteiger partial charge in [0.25, 0.3) is 5.91 Å². The number of carbonyl (C=O) groups excluding carboxylic acids is 1. The molecular weight excluding hydrogens is 266 g/mol. The summed E-state index contributed by atoms with van der Waals surface area (Å²) in [6.45, 7) is 5.59. The number of aromatic nitrogens is 4. The lowest BCUT2D eigenvalue weighted by Crippen LogP contribution is -2.41. The maximum absolute atomic E-state index is 12.7. The minimum Gasteiger partial charge on any atom is -0.336 e. The summed E-state index contributed by atoms with van der Waals surface area (Å²) in [7, 11) is 0. The average Bonchev–Trinajstić information content (AvgIpc) is 3.15. The molecule has 0 spiro atoms. The number of likely N-dealkylation sites (tertiary alicyclic amines) is 1. The first-order valence-corrected chi connectivity index (χ1v) is 7.51. The first-order chi connectivity index (χ1) is 10.2. The number of amides is 1. The fourth-order valence-electron chi connectivity index (χ4n) is 2.92. The summed E-state index contributed by atoms with van der Waals surface area (Å²) in [6.07, 6.45) is 8.42. The summed E-state index contributed by atoms with van der Waals surface area (Å²) in [6, 6.07) is 0.272. The molecule has 1 N–H and O–H groups in total. The van der Waals surface area contributed by atoms with E-state index in [-0.39, 0.29) is 11.9 Å². The fourth-order valence-corrected chi connectivity index (χ4v) is 2.92. The van der Waals surface area contributed by atoms with Gasteiger partial charge in [-0.15, -0.1) is 0 Å². The lowest BCUT2D eigenvalue weighted by atomic mass is 10.0. The smallest absolute Gasteiger partial charge is 0.257 e. The number of hydrogen-bond donors (Lipinski definition) is 1. The molecule has 0 bridgehead atoms. The van der Waals surface area contributed by atoms with Gasteiger partial charge in [-0.25, -0.2) is 0 Å². The fraction of sp³-hybridized carbons (Fsp3) is 0.533. The van der Waals surface area contributed by atoms with Crippen LogP contribution in [0.25, 0.3) is 0 Å². The van der Waals surface area contributed by atoms with E-state index in [1.807, 2.05) is 35.8 Å². The van der Waals surface area contributed by atoms with Crippen LogP contribution in [0.2, 0.25) is 0 Å². The van der Waals surface area contributed by atoms with Crippen LogP contribution in [0.15, 0.2) is 18.6 Å². The molecule has 21 heavy (non-hydrogen) atoms.